The number of nitrogens with one attached hydrogen (secondary N) is 1. The Morgan fingerprint density at radius 2 is 1.90 bits per heavy atom. The standard InChI is InChI=1S/C22H25F4N3O2/c1-4-14(3)12-29(13-15-6-8-16(9-7-15)22(24,25)26)18-11-10-17(20(27)19(18)23)28-21(30)31-5-2/h4,6-11,14H,1,5,12-13,27H2,2-3H3,(H,28,30). The molecule has 1 amide bonds. The number of nitrogens with two attached hydrogens (primary N) is 1. The molecule has 3 N–H and O–H groups in total. The van der Waals surface area contributed by atoms with Gasteiger partial charge in [0.25, 0.3) is 0 Å². The third-order valence-electron chi connectivity index (χ3n) is 4.58. The van der Waals surface area contributed by atoms with Gasteiger partial charge in [0.2, 0.25) is 0 Å². The fourth-order valence-corrected chi connectivity index (χ4v) is 2.90. The Morgan fingerprint density at radius 3 is 2.45 bits per heavy atom. The number of carbonyl (C=O) groups is 1. The molecule has 31 heavy (non-hydrogen) atoms. The van der Waals surface area contributed by atoms with Crippen LogP contribution in [0.3, 0.4) is 0 Å². The Hall–Kier alpha value is -3.23. The average Bonchev–Trinajstić information content (AvgIpc) is 2.71. The minimum atomic E-state index is -4.43. The molecule has 0 saturated carbocycles. The number of benzene rings is 2. The van der Waals surface area contributed by atoms with Gasteiger partial charge in [-0.1, -0.05) is 25.1 Å². The third kappa shape index (κ3) is 6.37. The molecule has 0 aliphatic rings. The van der Waals surface area contributed by atoms with Gasteiger partial charge in [-0.05, 0) is 42.7 Å². The predicted molar refractivity (Wildman–Crippen MR) is 113 cm³/mol. The number of hydrogen-bond acceptors (Lipinski definition) is 4. The molecule has 0 spiro atoms. The van der Waals surface area contributed by atoms with Crippen LogP contribution >= 0.6 is 0 Å². The van der Waals surface area contributed by atoms with Gasteiger partial charge in [-0.25, -0.2) is 9.18 Å². The van der Waals surface area contributed by atoms with Crippen molar-refractivity contribution in [1.29, 1.82) is 0 Å². The molecule has 0 aliphatic carbocycles. The third-order valence-corrected chi connectivity index (χ3v) is 4.58. The summed E-state index contributed by atoms with van der Waals surface area (Å²) in [6.45, 7) is 7.89. The highest BCUT2D eigenvalue weighted by Crippen LogP contribution is 2.33. The van der Waals surface area contributed by atoms with Crippen molar-refractivity contribution in [3.8, 4) is 0 Å². The van der Waals surface area contributed by atoms with Crippen molar-refractivity contribution in [2.24, 2.45) is 5.92 Å². The molecule has 9 heteroatoms. The number of rotatable bonds is 8. The first-order chi connectivity index (χ1) is 14.6. The number of nitrogen functional groups attached to an aromatic ring is 1. The van der Waals surface area contributed by atoms with Crippen LogP contribution in [0.4, 0.5) is 39.4 Å². The zero-order chi connectivity index (χ0) is 23.2. The van der Waals surface area contributed by atoms with Crippen molar-refractivity contribution in [2.75, 3.05) is 29.1 Å². The normalized spacial score (nSPS) is 12.2. The summed E-state index contributed by atoms with van der Waals surface area (Å²) in [5.41, 5.74) is 5.63. The Morgan fingerprint density at radius 1 is 1.26 bits per heavy atom. The number of halogens is 4. The van der Waals surface area contributed by atoms with Crippen LogP contribution in [-0.4, -0.2) is 19.2 Å². The summed E-state index contributed by atoms with van der Waals surface area (Å²) in [5.74, 6) is -0.787. The number of hydrogen-bond donors (Lipinski definition) is 2. The molecule has 0 bridgehead atoms. The van der Waals surface area contributed by atoms with Gasteiger partial charge in [-0.2, -0.15) is 13.2 Å². The molecule has 1 unspecified atom stereocenters. The Labute approximate surface area is 178 Å². The molecular formula is C22H25F4N3O2. The lowest BCUT2D eigenvalue weighted by Crippen LogP contribution is -2.28. The van der Waals surface area contributed by atoms with Crippen molar-refractivity contribution < 1.29 is 27.1 Å². The molecular weight excluding hydrogens is 414 g/mol. The van der Waals surface area contributed by atoms with Crippen LogP contribution in [0.2, 0.25) is 0 Å². The van der Waals surface area contributed by atoms with Gasteiger partial charge in [0.1, 0.15) is 0 Å². The van der Waals surface area contributed by atoms with E-state index in [1.165, 1.54) is 24.3 Å². The second-order valence-corrected chi connectivity index (χ2v) is 6.99. The molecule has 0 aliphatic heterocycles. The van der Waals surface area contributed by atoms with E-state index in [1.54, 1.807) is 17.9 Å². The van der Waals surface area contributed by atoms with Crippen LogP contribution in [-0.2, 0) is 17.5 Å². The molecule has 0 aromatic heterocycles. The summed E-state index contributed by atoms with van der Waals surface area (Å²) < 4.78 is 58.3. The second-order valence-electron chi connectivity index (χ2n) is 6.99. The van der Waals surface area contributed by atoms with Crippen molar-refractivity contribution in [3.63, 3.8) is 0 Å². The minimum absolute atomic E-state index is 0.0348. The van der Waals surface area contributed by atoms with Gasteiger partial charge >= 0.3 is 12.3 Å². The lowest BCUT2D eigenvalue weighted by atomic mass is 10.1. The molecule has 0 saturated heterocycles. The number of anilines is 3. The molecule has 2 rings (SSSR count). The molecule has 2 aromatic carbocycles. The highest BCUT2D eigenvalue weighted by molar-refractivity contribution is 5.90. The van der Waals surface area contributed by atoms with E-state index in [4.69, 9.17) is 10.5 Å². The monoisotopic (exact) mass is 439 g/mol. The number of amides is 1. The summed E-state index contributed by atoms with van der Waals surface area (Å²) in [6.07, 6.45) is -3.50. The van der Waals surface area contributed by atoms with Crippen LogP contribution in [0.1, 0.15) is 25.0 Å². The number of alkyl halides is 3. The molecule has 0 radical (unpaired) electrons. The van der Waals surface area contributed by atoms with Gasteiger partial charge in [0.05, 0.1) is 29.2 Å². The fraction of sp³-hybridized carbons (Fsp3) is 0.318. The zero-order valence-corrected chi connectivity index (χ0v) is 17.3. The second kappa shape index (κ2) is 10.2. The highest BCUT2D eigenvalue weighted by Gasteiger charge is 2.30. The first kappa shape index (κ1) is 24.0. The summed E-state index contributed by atoms with van der Waals surface area (Å²) >= 11 is 0. The van der Waals surface area contributed by atoms with E-state index in [9.17, 15) is 18.0 Å². The molecule has 2 aromatic rings. The maximum Gasteiger partial charge on any atom is 0.416 e. The molecule has 168 valence electrons. The topological polar surface area (TPSA) is 67.6 Å². The molecule has 5 nitrogen and oxygen atoms in total. The van der Waals surface area contributed by atoms with Crippen LogP contribution in [0.5, 0.6) is 0 Å². The van der Waals surface area contributed by atoms with E-state index in [0.717, 1.165) is 12.1 Å². The van der Waals surface area contributed by atoms with Crippen molar-refractivity contribution in [3.05, 3.63) is 66.0 Å². The summed E-state index contributed by atoms with van der Waals surface area (Å²) in [6, 6.07) is 7.58. The summed E-state index contributed by atoms with van der Waals surface area (Å²) in [4.78, 5) is 13.3. The molecule has 0 heterocycles. The van der Waals surface area contributed by atoms with Crippen molar-refractivity contribution in [2.45, 2.75) is 26.6 Å². The average molecular weight is 439 g/mol. The van der Waals surface area contributed by atoms with E-state index in [1.807, 2.05) is 6.92 Å². The summed E-state index contributed by atoms with van der Waals surface area (Å²) in [7, 11) is 0. The van der Waals surface area contributed by atoms with Gasteiger partial charge in [-0.15, -0.1) is 6.58 Å². The molecule has 1 atom stereocenters. The largest absolute Gasteiger partial charge is 0.450 e. The van der Waals surface area contributed by atoms with E-state index in [2.05, 4.69) is 11.9 Å². The first-order valence-electron chi connectivity index (χ1n) is 9.62. The van der Waals surface area contributed by atoms with E-state index in [-0.39, 0.29) is 36.1 Å². The molecule has 0 fully saturated rings. The Kier molecular flexibility index (Phi) is 7.90. The highest BCUT2D eigenvalue weighted by atomic mass is 19.4. The van der Waals surface area contributed by atoms with Gasteiger partial charge in [0.15, 0.2) is 5.82 Å². The van der Waals surface area contributed by atoms with Crippen molar-refractivity contribution in [1.82, 2.24) is 0 Å². The van der Waals surface area contributed by atoms with Crippen LogP contribution in [0.25, 0.3) is 0 Å². The Bertz CT molecular complexity index is 914. The number of carbonyl (C=O) groups excluding carboxylic acids is 1. The van der Waals surface area contributed by atoms with Gasteiger partial charge in [0, 0.05) is 13.1 Å². The van der Waals surface area contributed by atoms with E-state index in [0.29, 0.717) is 12.1 Å². The number of ether oxygens (including phenoxy) is 1. The first-order valence-corrected chi connectivity index (χ1v) is 9.62. The van der Waals surface area contributed by atoms with E-state index < -0.39 is 23.7 Å². The van der Waals surface area contributed by atoms with Crippen LogP contribution in [0.15, 0.2) is 49.1 Å². The smallest absolute Gasteiger partial charge is 0.416 e. The number of nitrogens with zero attached hydrogens (tertiary/aromatic N) is 1. The Balaban J connectivity index is 2.34. The SMILES string of the molecule is C=CC(C)CN(Cc1ccc(C(F)(F)F)cc1)c1ccc(NC(=O)OCC)c(N)c1F. The predicted octanol–water partition coefficient (Wildman–Crippen LogP) is 5.82. The maximum atomic E-state index is 15.1. The van der Waals surface area contributed by atoms with Gasteiger partial charge < -0.3 is 15.4 Å². The maximum absolute atomic E-state index is 15.1. The van der Waals surface area contributed by atoms with E-state index >= 15 is 4.39 Å². The van der Waals surface area contributed by atoms with Crippen LogP contribution in [0, 0.1) is 11.7 Å². The minimum Gasteiger partial charge on any atom is -0.450 e. The summed E-state index contributed by atoms with van der Waals surface area (Å²) in [5, 5.41) is 2.37. The lowest BCUT2D eigenvalue weighted by molar-refractivity contribution is -0.137. The lowest BCUT2D eigenvalue weighted by Gasteiger charge is -2.28. The zero-order valence-electron chi connectivity index (χ0n) is 17.3. The van der Waals surface area contributed by atoms with Crippen LogP contribution < -0.4 is 16.0 Å². The van der Waals surface area contributed by atoms with Crippen molar-refractivity contribution >= 4 is 23.2 Å². The fourth-order valence-electron chi connectivity index (χ4n) is 2.90. The van der Waals surface area contributed by atoms with Gasteiger partial charge in [-0.3, -0.25) is 5.32 Å². The quantitative estimate of drug-likeness (QED) is 0.309.